The Balaban J connectivity index is 1.54. The molecule has 2 heterocycles. The molecule has 1 aliphatic carbocycles. The zero-order valence-electron chi connectivity index (χ0n) is 15.0. The summed E-state index contributed by atoms with van der Waals surface area (Å²) >= 11 is 1.38. The van der Waals surface area contributed by atoms with Crippen LogP contribution >= 0.6 is 11.8 Å². The van der Waals surface area contributed by atoms with Crippen LogP contribution in [0, 0.1) is 17.0 Å². The van der Waals surface area contributed by atoms with Crippen LogP contribution in [0.15, 0.2) is 45.1 Å². The van der Waals surface area contributed by atoms with Gasteiger partial charge in [-0.2, -0.15) is 0 Å². The zero-order valence-corrected chi connectivity index (χ0v) is 15.8. The average Bonchev–Trinajstić information content (AvgIpc) is 3.30. The molecule has 5 N–H and O–H groups in total. The quantitative estimate of drug-likeness (QED) is 0.638. The Morgan fingerprint density at radius 1 is 1.41 bits per heavy atom. The Kier molecular flexibility index (Phi) is 4.55. The fraction of sp³-hybridized carbons (Fsp3) is 0.368. The van der Waals surface area contributed by atoms with Crippen LogP contribution in [-0.2, 0) is 0 Å². The minimum Gasteiger partial charge on any atom is -0.367 e. The lowest BCUT2D eigenvalue weighted by Crippen LogP contribution is -2.34. The molecule has 0 amide bonds. The summed E-state index contributed by atoms with van der Waals surface area (Å²) in [6.45, 7) is 3.85. The van der Waals surface area contributed by atoms with Gasteiger partial charge in [-0.3, -0.25) is 10.4 Å². The molecule has 5 nitrogen and oxygen atoms in total. The van der Waals surface area contributed by atoms with Crippen molar-refractivity contribution in [1.29, 1.82) is 5.41 Å². The summed E-state index contributed by atoms with van der Waals surface area (Å²) in [5.74, 6) is -0.679. The van der Waals surface area contributed by atoms with Crippen molar-refractivity contribution in [3.05, 3.63) is 57.3 Å². The molecule has 142 valence electrons. The number of fused-ring (bicyclic) bond motifs is 1. The summed E-state index contributed by atoms with van der Waals surface area (Å²) in [4.78, 5) is 5.46. The van der Waals surface area contributed by atoms with Gasteiger partial charge in [0, 0.05) is 23.6 Å². The predicted octanol–water partition coefficient (Wildman–Crippen LogP) is 2.97. The van der Waals surface area contributed by atoms with E-state index in [1.54, 1.807) is 12.4 Å². The highest BCUT2D eigenvalue weighted by molar-refractivity contribution is 8.18. The highest BCUT2D eigenvalue weighted by Gasteiger charge is 2.42. The first-order valence-corrected chi connectivity index (χ1v) is 9.65. The standard InChI is InChI=1S/C19H21F2N5S/c1-8(9(2)22)15-16-17(27-18(15)23)19(25-7-24-16)26-14-6-11(14)10-3-4-12(20)13(21)5-10/h3-5,7,9,11,14,16,23,26H,6,22H2,1-2H3,(H,24,25)/b15-8-,23-18?. The van der Waals surface area contributed by atoms with Gasteiger partial charge < -0.3 is 16.4 Å². The fourth-order valence-electron chi connectivity index (χ4n) is 3.46. The van der Waals surface area contributed by atoms with E-state index in [-0.39, 0.29) is 24.0 Å². The van der Waals surface area contributed by atoms with Crippen LogP contribution < -0.4 is 16.4 Å². The lowest BCUT2D eigenvalue weighted by Gasteiger charge is -2.21. The molecule has 8 heteroatoms. The van der Waals surface area contributed by atoms with Crippen LogP contribution in [0.25, 0.3) is 0 Å². The van der Waals surface area contributed by atoms with Gasteiger partial charge in [0.05, 0.1) is 16.3 Å². The SMILES string of the molecule is C/C(=C1/C(=N)SC2=C(NC3CC3c3ccc(F)c(F)c3)NC=NC21)C(C)N. The van der Waals surface area contributed by atoms with Crippen molar-refractivity contribution in [1.82, 2.24) is 10.6 Å². The van der Waals surface area contributed by atoms with Crippen LogP contribution in [0.5, 0.6) is 0 Å². The van der Waals surface area contributed by atoms with E-state index in [0.29, 0.717) is 5.04 Å². The molecule has 4 unspecified atom stereocenters. The molecule has 1 aromatic carbocycles. The zero-order chi connectivity index (χ0) is 19.3. The lowest BCUT2D eigenvalue weighted by atomic mass is 9.98. The van der Waals surface area contributed by atoms with Crippen molar-refractivity contribution in [3.8, 4) is 0 Å². The van der Waals surface area contributed by atoms with E-state index in [0.717, 1.165) is 33.9 Å². The third-order valence-electron chi connectivity index (χ3n) is 5.26. The molecule has 0 bridgehead atoms. The van der Waals surface area contributed by atoms with E-state index in [1.165, 1.54) is 23.9 Å². The molecule has 4 atom stereocenters. The smallest absolute Gasteiger partial charge is 0.159 e. The number of thioether (sulfide) groups is 1. The number of hydrogen-bond acceptors (Lipinski definition) is 6. The molecule has 3 aliphatic rings. The largest absolute Gasteiger partial charge is 0.367 e. The van der Waals surface area contributed by atoms with E-state index in [1.807, 2.05) is 13.8 Å². The number of aliphatic imine (C=N–C) groups is 1. The van der Waals surface area contributed by atoms with E-state index in [4.69, 9.17) is 11.1 Å². The number of nitrogens with one attached hydrogen (secondary N) is 3. The van der Waals surface area contributed by atoms with Gasteiger partial charge >= 0.3 is 0 Å². The van der Waals surface area contributed by atoms with Gasteiger partial charge in [0.15, 0.2) is 11.6 Å². The van der Waals surface area contributed by atoms with Gasteiger partial charge in [-0.15, -0.1) is 0 Å². The van der Waals surface area contributed by atoms with Crippen LogP contribution in [0.3, 0.4) is 0 Å². The summed E-state index contributed by atoms with van der Waals surface area (Å²) in [5.41, 5.74) is 8.64. The monoisotopic (exact) mass is 389 g/mol. The molecule has 0 spiro atoms. The van der Waals surface area contributed by atoms with Crippen molar-refractivity contribution in [3.63, 3.8) is 0 Å². The maximum Gasteiger partial charge on any atom is 0.159 e. The number of hydrogen-bond donors (Lipinski definition) is 4. The van der Waals surface area contributed by atoms with Crippen LogP contribution in [-0.4, -0.2) is 29.5 Å². The van der Waals surface area contributed by atoms with Gasteiger partial charge in [0.25, 0.3) is 0 Å². The fourth-order valence-corrected chi connectivity index (χ4v) is 4.57. The molecule has 4 rings (SSSR count). The van der Waals surface area contributed by atoms with Crippen molar-refractivity contribution >= 4 is 23.1 Å². The molecule has 0 radical (unpaired) electrons. The third-order valence-corrected chi connectivity index (χ3v) is 6.33. The summed E-state index contributed by atoms with van der Waals surface area (Å²) in [6.07, 6.45) is 2.48. The number of rotatable bonds is 4. The first kappa shape index (κ1) is 18.2. The van der Waals surface area contributed by atoms with Crippen LogP contribution in [0.1, 0.15) is 31.7 Å². The summed E-state index contributed by atoms with van der Waals surface area (Å²) in [5, 5.41) is 15.4. The highest BCUT2D eigenvalue weighted by atomic mass is 32.2. The third kappa shape index (κ3) is 3.27. The number of nitrogens with two attached hydrogens (primary N) is 1. The van der Waals surface area contributed by atoms with Crippen LogP contribution in [0.4, 0.5) is 8.78 Å². The first-order valence-electron chi connectivity index (χ1n) is 8.83. The Bertz CT molecular complexity index is 905. The second kappa shape index (κ2) is 6.76. The summed E-state index contributed by atoms with van der Waals surface area (Å²) in [7, 11) is 0. The van der Waals surface area contributed by atoms with Crippen molar-refractivity contribution in [2.75, 3.05) is 0 Å². The van der Waals surface area contributed by atoms with Crippen molar-refractivity contribution in [2.45, 2.75) is 44.3 Å². The summed E-state index contributed by atoms with van der Waals surface area (Å²) < 4.78 is 26.6. The van der Waals surface area contributed by atoms with Gasteiger partial charge in [-0.1, -0.05) is 17.8 Å². The van der Waals surface area contributed by atoms with Crippen LogP contribution in [0.2, 0.25) is 0 Å². The molecule has 1 aromatic rings. The molecular weight excluding hydrogens is 368 g/mol. The van der Waals surface area contributed by atoms with Gasteiger partial charge in [-0.05, 0) is 43.5 Å². The summed E-state index contributed by atoms with van der Waals surface area (Å²) in [6, 6.07) is 3.86. The second-order valence-corrected chi connectivity index (χ2v) is 8.20. The van der Waals surface area contributed by atoms with Gasteiger partial charge in [-0.25, -0.2) is 8.78 Å². The predicted molar refractivity (Wildman–Crippen MR) is 105 cm³/mol. The minimum atomic E-state index is -0.827. The Morgan fingerprint density at radius 2 is 2.19 bits per heavy atom. The van der Waals surface area contributed by atoms with Gasteiger partial charge in [0.1, 0.15) is 11.9 Å². The van der Waals surface area contributed by atoms with E-state index in [2.05, 4.69) is 15.6 Å². The highest BCUT2D eigenvalue weighted by Crippen LogP contribution is 2.45. The van der Waals surface area contributed by atoms with Crippen molar-refractivity contribution < 1.29 is 8.78 Å². The minimum absolute atomic E-state index is 0.134. The maximum absolute atomic E-state index is 13.5. The topological polar surface area (TPSA) is 86.3 Å². The lowest BCUT2D eigenvalue weighted by molar-refractivity contribution is 0.507. The second-order valence-electron chi connectivity index (χ2n) is 7.15. The normalized spacial score (nSPS) is 29.4. The molecule has 2 fully saturated rings. The Hall–Kier alpha value is -2.19. The van der Waals surface area contributed by atoms with E-state index < -0.39 is 11.6 Å². The number of halogens is 2. The average molecular weight is 389 g/mol. The molecule has 1 saturated carbocycles. The number of benzene rings is 1. The molecule has 27 heavy (non-hydrogen) atoms. The van der Waals surface area contributed by atoms with E-state index in [9.17, 15) is 8.78 Å². The molecule has 2 aliphatic heterocycles. The molecule has 0 aromatic heterocycles. The van der Waals surface area contributed by atoms with E-state index >= 15 is 0 Å². The number of nitrogens with zero attached hydrogens (tertiary/aromatic N) is 1. The van der Waals surface area contributed by atoms with Gasteiger partial charge in [0.2, 0.25) is 0 Å². The van der Waals surface area contributed by atoms with Crippen molar-refractivity contribution in [2.24, 2.45) is 10.7 Å². The first-order chi connectivity index (χ1) is 12.9. The Morgan fingerprint density at radius 3 is 2.89 bits per heavy atom. The molecular formula is C19H21F2N5S. The maximum atomic E-state index is 13.5. The Labute approximate surface area is 160 Å². The molecule has 1 saturated heterocycles.